The van der Waals surface area contributed by atoms with Gasteiger partial charge in [0, 0.05) is 32.2 Å². The van der Waals surface area contributed by atoms with Crippen molar-refractivity contribution in [1.82, 2.24) is 10.6 Å². The monoisotopic (exact) mass is 328 g/mol. The van der Waals surface area contributed by atoms with Crippen LogP contribution in [0.1, 0.15) is 59.8 Å². The fourth-order valence-corrected chi connectivity index (χ4v) is 2.76. The lowest BCUT2D eigenvalue weighted by Gasteiger charge is -2.23. The zero-order valence-electron chi connectivity index (χ0n) is 14.9. The van der Waals surface area contributed by atoms with Gasteiger partial charge in [-0.2, -0.15) is 0 Å². The summed E-state index contributed by atoms with van der Waals surface area (Å²) in [5.41, 5.74) is -0.492. The Morgan fingerprint density at radius 2 is 1.96 bits per heavy atom. The lowest BCUT2D eigenvalue weighted by atomic mass is 10.0. The molecule has 0 aromatic carbocycles. The first-order valence-electron chi connectivity index (χ1n) is 8.65. The summed E-state index contributed by atoms with van der Waals surface area (Å²) >= 11 is 0. The van der Waals surface area contributed by atoms with Gasteiger partial charge in [-0.1, -0.05) is 6.42 Å². The van der Waals surface area contributed by atoms with E-state index in [2.05, 4.69) is 10.6 Å². The number of nitrogens with one attached hydrogen (secondary N) is 2. The summed E-state index contributed by atoms with van der Waals surface area (Å²) in [7, 11) is 0. The van der Waals surface area contributed by atoms with Gasteiger partial charge < -0.3 is 20.1 Å². The Kier molecular flexibility index (Phi) is 8.37. The van der Waals surface area contributed by atoms with Crippen molar-refractivity contribution in [2.45, 2.75) is 71.4 Å². The quantitative estimate of drug-likeness (QED) is 0.672. The summed E-state index contributed by atoms with van der Waals surface area (Å²) in [5, 5.41) is 5.90. The van der Waals surface area contributed by atoms with Crippen LogP contribution in [0, 0.1) is 5.92 Å². The van der Waals surface area contributed by atoms with Gasteiger partial charge in [0.15, 0.2) is 0 Å². The third kappa shape index (κ3) is 8.79. The van der Waals surface area contributed by atoms with Crippen molar-refractivity contribution >= 4 is 12.0 Å². The first-order chi connectivity index (χ1) is 10.8. The van der Waals surface area contributed by atoms with E-state index in [0.29, 0.717) is 26.2 Å². The normalized spacial score (nSPS) is 21.0. The lowest BCUT2D eigenvalue weighted by Crippen LogP contribution is -2.43. The van der Waals surface area contributed by atoms with Crippen molar-refractivity contribution < 1.29 is 19.1 Å². The van der Waals surface area contributed by atoms with Crippen molar-refractivity contribution in [1.29, 1.82) is 0 Å². The van der Waals surface area contributed by atoms with E-state index in [1.54, 1.807) is 0 Å². The van der Waals surface area contributed by atoms with E-state index >= 15 is 0 Å². The van der Waals surface area contributed by atoms with E-state index in [-0.39, 0.29) is 17.9 Å². The fraction of sp³-hybridized carbons (Fsp3) is 0.882. The van der Waals surface area contributed by atoms with Gasteiger partial charge in [0.2, 0.25) is 5.91 Å². The summed E-state index contributed by atoms with van der Waals surface area (Å²) in [6.07, 6.45) is 3.89. The second-order valence-electron chi connectivity index (χ2n) is 7.05. The van der Waals surface area contributed by atoms with Gasteiger partial charge in [-0.25, -0.2) is 4.79 Å². The fourth-order valence-electron chi connectivity index (χ4n) is 2.76. The predicted molar refractivity (Wildman–Crippen MR) is 89.2 cm³/mol. The Bertz CT molecular complexity index is 379. The molecule has 0 radical (unpaired) electrons. The molecule has 6 heteroatoms. The predicted octanol–water partition coefficient (Wildman–Crippen LogP) is 2.61. The Labute approximate surface area is 139 Å². The summed E-state index contributed by atoms with van der Waals surface area (Å²) in [6.45, 7) is 9.31. The maximum absolute atomic E-state index is 12.0. The highest BCUT2D eigenvalue weighted by atomic mass is 16.6. The summed E-state index contributed by atoms with van der Waals surface area (Å²) < 4.78 is 10.5. The number of amides is 2. The molecular formula is C17H32N2O4. The molecule has 0 aliphatic heterocycles. The molecule has 1 aliphatic carbocycles. The number of ether oxygens (including phenoxy) is 2. The van der Waals surface area contributed by atoms with Gasteiger partial charge in [-0.05, 0) is 52.9 Å². The maximum Gasteiger partial charge on any atom is 0.407 e. The van der Waals surface area contributed by atoms with Gasteiger partial charge >= 0.3 is 6.09 Å². The largest absolute Gasteiger partial charge is 0.444 e. The van der Waals surface area contributed by atoms with Gasteiger partial charge in [0.1, 0.15) is 5.60 Å². The second-order valence-corrected chi connectivity index (χ2v) is 7.05. The molecule has 2 N–H and O–H groups in total. The van der Waals surface area contributed by atoms with Crippen LogP contribution in [0.3, 0.4) is 0 Å². The molecule has 134 valence electrons. The molecule has 1 aliphatic rings. The van der Waals surface area contributed by atoms with Gasteiger partial charge in [-0.15, -0.1) is 0 Å². The molecule has 0 saturated heterocycles. The highest BCUT2D eigenvalue weighted by Gasteiger charge is 2.29. The molecule has 1 saturated carbocycles. The molecule has 0 aromatic rings. The van der Waals surface area contributed by atoms with Crippen LogP contribution in [-0.4, -0.2) is 43.4 Å². The van der Waals surface area contributed by atoms with E-state index in [4.69, 9.17) is 9.47 Å². The molecule has 23 heavy (non-hydrogen) atoms. The van der Waals surface area contributed by atoms with Crippen molar-refractivity contribution in [3.8, 4) is 0 Å². The highest BCUT2D eigenvalue weighted by Crippen LogP contribution is 2.25. The first-order valence-corrected chi connectivity index (χ1v) is 8.65. The van der Waals surface area contributed by atoms with E-state index in [9.17, 15) is 9.59 Å². The van der Waals surface area contributed by atoms with E-state index < -0.39 is 11.7 Å². The molecule has 2 amide bonds. The van der Waals surface area contributed by atoms with Gasteiger partial charge in [0.25, 0.3) is 0 Å². The van der Waals surface area contributed by atoms with E-state index in [1.165, 1.54) is 0 Å². The van der Waals surface area contributed by atoms with Crippen LogP contribution in [-0.2, 0) is 14.3 Å². The summed E-state index contributed by atoms with van der Waals surface area (Å²) in [6, 6.07) is 0.143. The third-order valence-corrected chi connectivity index (χ3v) is 3.81. The first kappa shape index (κ1) is 19.7. The van der Waals surface area contributed by atoms with Crippen LogP contribution in [0.2, 0.25) is 0 Å². The van der Waals surface area contributed by atoms with E-state index in [1.807, 2.05) is 27.7 Å². The minimum Gasteiger partial charge on any atom is -0.444 e. The number of hydrogen-bond acceptors (Lipinski definition) is 4. The molecule has 0 heterocycles. The smallest absolute Gasteiger partial charge is 0.407 e. The summed E-state index contributed by atoms with van der Waals surface area (Å²) in [4.78, 5) is 23.7. The molecule has 0 unspecified atom stereocenters. The van der Waals surface area contributed by atoms with E-state index in [0.717, 1.165) is 25.7 Å². The Hall–Kier alpha value is -1.30. The standard InChI is InChI=1S/C17H32N2O4/c1-5-22-11-7-10-15(20)19-14-9-6-8-13(14)12-18-16(21)23-17(2,3)4/h13-14H,5-12H2,1-4H3,(H,18,21)(H,19,20)/t13-,14-/m0/s1. The molecule has 0 spiro atoms. The maximum atomic E-state index is 12.0. The van der Waals surface area contributed by atoms with Crippen LogP contribution in [0.15, 0.2) is 0 Å². The molecule has 0 aromatic heterocycles. The number of rotatable bonds is 8. The number of carbonyl (C=O) groups is 2. The zero-order chi connectivity index (χ0) is 17.3. The average molecular weight is 328 g/mol. The lowest BCUT2D eigenvalue weighted by molar-refractivity contribution is -0.122. The number of hydrogen-bond donors (Lipinski definition) is 2. The van der Waals surface area contributed by atoms with Crippen molar-refractivity contribution in [2.24, 2.45) is 5.92 Å². The number of alkyl carbamates (subject to hydrolysis) is 1. The van der Waals surface area contributed by atoms with Crippen LogP contribution in [0.25, 0.3) is 0 Å². The molecular weight excluding hydrogens is 296 g/mol. The molecule has 2 atom stereocenters. The Morgan fingerprint density at radius 1 is 1.22 bits per heavy atom. The van der Waals surface area contributed by atoms with Crippen molar-refractivity contribution in [3.63, 3.8) is 0 Å². The Morgan fingerprint density at radius 3 is 2.61 bits per heavy atom. The van der Waals surface area contributed by atoms with Crippen molar-refractivity contribution in [3.05, 3.63) is 0 Å². The number of carbonyl (C=O) groups excluding carboxylic acids is 2. The van der Waals surface area contributed by atoms with Crippen LogP contribution in [0.4, 0.5) is 4.79 Å². The van der Waals surface area contributed by atoms with Crippen LogP contribution < -0.4 is 10.6 Å². The highest BCUT2D eigenvalue weighted by molar-refractivity contribution is 5.76. The van der Waals surface area contributed by atoms with Crippen molar-refractivity contribution in [2.75, 3.05) is 19.8 Å². The van der Waals surface area contributed by atoms with Gasteiger partial charge in [-0.3, -0.25) is 4.79 Å². The molecule has 0 bridgehead atoms. The van der Waals surface area contributed by atoms with Gasteiger partial charge in [0.05, 0.1) is 0 Å². The molecule has 1 rings (SSSR count). The second kappa shape index (κ2) is 9.75. The zero-order valence-corrected chi connectivity index (χ0v) is 14.9. The minimum atomic E-state index is -0.492. The van der Waals surface area contributed by atoms with Crippen LogP contribution >= 0.6 is 0 Å². The minimum absolute atomic E-state index is 0.0684. The Balaban J connectivity index is 2.28. The third-order valence-electron chi connectivity index (χ3n) is 3.81. The topological polar surface area (TPSA) is 76.7 Å². The summed E-state index contributed by atoms with van der Waals surface area (Å²) in [5.74, 6) is 0.345. The average Bonchev–Trinajstić information content (AvgIpc) is 2.87. The molecule has 6 nitrogen and oxygen atoms in total. The molecule has 1 fully saturated rings. The SMILES string of the molecule is CCOCCCC(=O)N[C@H]1CCC[C@H]1CNC(=O)OC(C)(C)C. The van der Waals surface area contributed by atoms with Crippen LogP contribution in [0.5, 0.6) is 0 Å².